The molecule has 0 aromatic heterocycles. The van der Waals surface area contributed by atoms with E-state index in [0.29, 0.717) is 17.1 Å². The van der Waals surface area contributed by atoms with Gasteiger partial charge in [0.15, 0.2) is 6.10 Å². The molecule has 8 heteroatoms. The molecule has 0 spiro atoms. The van der Waals surface area contributed by atoms with Crippen LogP contribution in [0.15, 0.2) is 53.0 Å². The summed E-state index contributed by atoms with van der Waals surface area (Å²) in [5.74, 6) is 0.193. The number of nitrogens with one attached hydrogen (secondary N) is 1. The zero-order valence-corrected chi connectivity index (χ0v) is 16.5. The Balaban J connectivity index is 2.00. The van der Waals surface area contributed by atoms with Crippen LogP contribution in [0.25, 0.3) is 0 Å². The van der Waals surface area contributed by atoms with Gasteiger partial charge in [-0.25, -0.2) is 8.42 Å². The molecule has 0 aliphatic heterocycles. The molecule has 0 radical (unpaired) electrons. The maximum absolute atomic E-state index is 12.2. The van der Waals surface area contributed by atoms with Crippen LogP contribution >= 0.6 is 15.9 Å². The highest BCUT2D eigenvalue weighted by atomic mass is 79.9. The zero-order valence-electron chi connectivity index (χ0n) is 14.1. The lowest BCUT2D eigenvalue weighted by Crippen LogP contribution is -2.30. The first kappa shape index (κ1) is 19.3. The van der Waals surface area contributed by atoms with Gasteiger partial charge in [0.2, 0.25) is 10.0 Å². The van der Waals surface area contributed by atoms with E-state index >= 15 is 0 Å². The lowest BCUT2D eigenvalue weighted by atomic mass is 10.3. The van der Waals surface area contributed by atoms with Gasteiger partial charge in [-0.3, -0.25) is 9.10 Å². The fraction of sp³-hybridized carbons (Fsp3) is 0.235. The van der Waals surface area contributed by atoms with Crippen LogP contribution < -0.4 is 14.4 Å². The Bertz CT molecular complexity index is 853. The Hall–Kier alpha value is -2.06. The summed E-state index contributed by atoms with van der Waals surface area (Å²) >= 11 is 3.35. The van der Waals surface area contributed by atoms with Gasteiger partial charge in [0.1, 0.15) is 5.75 Å². The summed E-state index contributed by atoms with van der Waals surface area (Å²) in [6.07, 6.45) is 0.420. The highest BCUT2D eigenvalue weighted by molar-refractivity contribution is 9.10. The van der Waals surface area contributed by atoms with Crippen molar-refractivity contribution in [2.24, 2.45) is 0 Å². The van der Waals surface area contributed by atoms with Crippen molar-refractivity contribution >= 4 is 43.2 Å². The fourth-order valence-corrected chi connectivity index (χ4v) is 2.90. The molecule has 0 bridgehead atoms. The maximum atomic E-state index is 12.2. The first-order valence-electron chi connectivity index (χ1n) is 7.44. The van der Waals surface area contributed by atoms with Crippen LogP contribution in [-0.2, 0) is 14.8 Å². The SMILES string of the molecule is C[C@@H](Oc1ccc(N(C)S(C)(=O)=O)cc1)C(=O)Nc1cccc(Br)c1. The van der Waals surface area contributed by atoms with Gasteiger partial charge in [0.05, 0.1) is 11.9 Å². The molecule has 1 amide bonds. The Kier molecular flexibility index (Phi) is 6.07. The fourth-order valence-electron chi connectivity index (χ4n) is 1.99. The van der Waals surface area contributed by atoms with Gasteiger partial charge in [-0.2, -0.15) is 0 Å². The quantitative estimate of drug-likeness (QED) is 0.768. The first-order chi connectivity index (χ1) is 11.7. The Morgan fingerprint density at radius 2 is 1.84 bits per heavy atom. The van der Waals surface area contributed by atoms with Gasteiger partial charge in [0, 0.05) is 17.2 Å². The van der Waals surface area contributed by atoms with Crippen molar-refractivity contribution in [1.29, 1.82) is 0 Å². The van der Waals surface area contributed by atoms with E-state index in [9.17, 15) is 13.2 Å². The molecule has 0 unspecified atom stereocenters. The topological polar surface area (TPSA) is 75.7 Å². The molecule has 0 aliphatic carbocycles. The monoisotopic (exact) mass is 426 g/mol. The Morgan fingerprint density at radius 1 is 1.20 bits per heavy atom. The molecule has 2 aromatic carbocycles. The van der Waals surface area contributed by atoms with Crippen molar-refractivity contribution in [2.75, 3.05) is 22.9 Å². The van der Waals surface area contributed by atoms with E-state index in [-0.39, 0.29) is 5.91 Å². The summed E-state index contributed by atoms with van der Waals surface area (Å²) in [6, 6.07) is 13.8. The minimum atomic E-state index is -3.32. The number of amides is 1. The maximum Gasteiger partial charge on any atom is 0.265 e. The number of anilines is 2. The molecule has 6 nitrogen and oxygen atoms in total. The second-order valence-corrected chi connectivity index (χ2v) is 8.41. The smallest absolute Gasteiger partial charge is 0.265 e. The average molecular weight is 427 g/mol. The largest absolute Gasteiger partial charge is 0.481 e. The molecular formula is C17H19BrN2O4S. The number of hydrogen-bond donors (Lipinski definition) is 1. The number of benzene rings is 2. The standard InChI is InChI=1S/C17H19BrN2O4S/c1-12(17(21)19-14-6-4-5-13(18)11-14)24-16-9-7-15(8-10-16)20(2)25(3,22)23/h4-12H,1-3H3,(H,19,21)/t12-/m1/s1. The van der Waals surface area contributed by atoms with E-state index in [1.807, 2.05) is 12.1 Å². The lowest BCUT2D eigenvalue weighted by Gasteiger charge is -2.18. The van der Waals surface area contributed by atoms with Gasteiger partial charge < -0.3 is 10.1 Å². The lowest BCUT2D eigenvalue weighted by molar-refractivity contribution is -0.122. The second kappa shape index (κ2) is 7.88. The third kappa shape index (κ3) is 5.47. The van der Waals surface area contributed by atoms with E-state index in [0.717, 1.165) is 10.7 Å². The molecule has 0 heterocycles. The van der Waals surface area contributed by atoms with Gasteiger partial charge >= 0.3 is 0 Å². The van der Waals surface area contributed by atoms with Crippen LogP contribution in [0.3, 0.4) is 0 Å². The number of hydrogen-bond acceptors (Lipinski definition) is 4. The third-order valence-electron chi connectivity index (χ3n) is 3.47. The number of halogens is 1. The number of ether oxygens (including phenoxy) is 1. The van der Waals surface area contributed by atoms with Gasteiger partial charge in [-0.1, -0.05) is 22.0 Å². The van der Waals surface area contributed by atoms with E-state index in [1.165, 1.54) is 11.4 Å². The van der Waals surface area contributed by atoms with Crippen molar-refractivity contribution in [3.63, 3.8) is 0 Å². The van der Waals surface area contributed by atoms with E-state index in [2.05, 4.69) is 21.2 Å². The molecule has 25 heavy (non-hydrogen) atoms. The molecule has 0 fully saturated rings. The van der Waals surface area contributed by atoms with Crippen molar-refractivity contribution < 1.29 is 17.9 Å². The molecular weight excluding hydrogens is 408 g/mol. The number of carbonyl (C=O) groups excluding carboxylic acids is 1. The number of nitrogens with zero attached hydrogens (tertiary/aromatic N) is 1. The first-order valence-corrected chi connectivity index (χ1v) is 10.1. The van der Waals surface area contributed by atoms with Crippen molar-refractivity contribution in [2.45, 2.75) is 13.0 Å². The van der Waals surface area contributed by atoms with Crippen LogP contribution in [0.5, 0.6) is 5.75 Å². The second-order valence-electron chi connectivity index (χ2n) is 5.48. The van der Waals surface area contributed by atoms with Gasteiger partial charge in [0.25, 0.3) is 5.91 Å². The summed E-state index contributed by atoms with van der Waals surface area (Å²) in [5.41, 5.74) is 1.18. The van der Waals surface area contributed by atoms with Crippen molar-refractivity contribution in [3.05, 3.63) is 53.0 Å². The molecule has 134 valence electrons. The van der Waals surface area contributed by atoms with E-state index in [1.54, 1.807) is 43.3 Å². The van der Waals surface area contributed by atoms with E-state index < -0.39 is 16.1 Å². The molecule has 0 aliphatic rings. The van der Waals surface area contributed by atoms with Crippen molar-refractivity contribution in [1.82, 2.24) is 0 Å². The zero-order chi connectivity index (χ0) is 18.6. The summed E-state index contributed by atoms with van der Waals surface area (Å²) in [6.45, 7) is 1.64. The molecule has 1 atom stereocenters. The number of rotatable bonds is 6. The van der Waals surface area contributed by atoms with Crippen LogP contribution in [0.2, 0.25) is 0 Å². The predicted molar refractivity (Wildman–Crippen MR) is 103 cm³/mol. The van der Waals surface area contributed by atoms with Crippen molar-refractivity contribution in [3.8, 4) is 5.75 Å². The normalized spacial score (nSPS) is 12.3. The summed E-state index contributed by atoms with van der Waals surface area (Å²) in [7, 11) is -1.85. The predicted octanol–water partition coefficient (Wildman–Crippen LogP) is 3.25. The Labute approximate surface area is 156 Å². The molecule has 0 saturated carbocycles. The molecule has 2 aromatic rings. The average Bonchev–Trinajstić information content (AvgIpc) is 2.54. The minimum absolute atomic E-state index is 0.282. The Morgan fingerprint density at radius 3 is 2.40 bits per heavy atom. The van der Waals surface area contributed by atoms with Gasteiger partial charge in [-0.15, -0.1) is 0 Å². The number of carbonyl (C=O) groups is 1. The number of sulfonamides is 1. The highest BCUT2D eigenvalue weighted by Gasteiger charge is 2.16. The van der Waals surface area contributed by atoms with Crippen LogP contribution in [0, 0.1) is 0 Å². The minimum Gasteiger partial charge on any atom is -0.481 e. The van der Waals surface area contributed by atoms with Crippen LogP contribution in [0.4, 0.5) is 11.4 Å². The summed E-state index contributed by atoms with van der Waals surface area (Å²) < 4.78 is 30.7. The molecule has 2 rings (SSSR count). The third-order valence-corrected chi connectivity index (χ3v) is 5.17. The highest BCUT2D eigenvalue weighted by Crippen LogP contribution is 2.21. The van der Waals surface area contributed by atoms with Crippen LogP contribution in [0.1, 0.15) is 6.92 Å². The summed E-state index contributed by atoms with van der Waals surface area (Å²) in [5, 5.41) is 2.77. The molecule has 1 N–H and O–H groups in total. The van der Waals surface area contributed by atoms with E-state index in [4.69, 9.17) is 4.74 Å². The van der Waals surface area contributed by atoms with Gasteiger partial charge in [-0.05, 0) is 49.4 Å². The van der Waals surface area contributed by atoms with Crippen LogP contribution in [-0.4, -0.2) is 33.7 Å². The molecule has 0 saturated heterocycles. The summed E-state index contributed by atoms with van der Waals surface area (Å²) in [4.78, 5) is 12.2.